The lowest BCUT2D eigenvalue weighted by atomic mass is 10.0. The molecule has 3 nitrogen and oxygen atoms in total. The number of pyridine rings is 2. The van der Waals surface area contributed by atoms with Crippen LogP contribution in [0, 0.1) is 5.82 Å². The van der Waals surface area contributed by atoms with Gasteiger partial charge in [-0.1, -0.05) is 18.2 Å². The zero-order valence-corrected chi connectivity index (χ0v) is 11.0. The highest BCUT2D eigenvalue weighted by molar-refractivity contribution is 5.79. The molecule has 1 aromatic carbocycles. The molecular weight excluding hydrogens is 253 g/mol. The third-order valence-electron chi connectivity index (χ3n) is 3.31. The van der Waals surface area contributed by atoms with Crippen molar-refractivity contribution in [3.05, 3.63) is 71.9 Å². The van der Waals surface area contributed by atoms with Crippen molar-refractivity contribution >= 4 is 10.9 Å². The average Bonchev–Trinajstić information content (AvgIpc) is 2.50. The molecule has 4 heteroatoms. The van der Waals surface area contributed by atoms with Crippen LogP contribution in [0.3, 0.4) is 0 Å². The van der Waals surface area contributed by atoms with Gasteiger partial charge in [0.15, 0.2) is 0 Å². The van der Waals surface area contributed by atoms with Crippen molar-refractivity contribution in [3.63, 3.8) is 0 Å². The van der Waals surface area contributed by atoms with Gasteiger partial charge in [0, 0.05) is 17.8 Å². The SMILES string of the molecule is CNC(c1ccc2cccnc2c1)c1ncccc1F. The van der Waals surface area contributed by atoms with Gasteiger partial charge < -0.3 is 5.32 Å². The van der Waals surface area contributed by atoms with Crippen LogP contribution in [0.25, 0.3) is 10.9 Å². The lowest BCUT2D eigenvalue weighted by molar-refractivity contribution is 0.560. The van der Waals surface area contributed by atoms with E-state index in [0.29, 0.717) is 5.69 Å². The Kier molecular flexibility index (Phi) is 3.39. The van der Waals surface area contributed by atoms with E-state index in [1.165, 1.54) is 6.07 Å². The molecule has 0 saturated carbocycles. The van der Waals surface area contributed by atoms with E-state index in [1.54, 1.807) is 25.5 Å². The molecule has 0 fully saturated rings. The lowest BCUT2D eigenvalue weighted by Crippen LogP contribution is -2.20. The first-order valence-electron chi connectivity index (χ1n) is 6.42. The summed E-state index contributed by atoms with van der Waals surface area (Å²) in [7, 11) is 1.79. The Morgan fingerprint density at radius 3 is 2.65 bits per heavy atom. The molecule has 0 bridgehead atoms. The normalized spacial score (nSPS) is 12.5. The Labute approximate surface area is 116 Å². The van der Waals surface area contributed by atoms with Crippen molar-refractivity contribution in [1.82, 2.24) is 15.3 Å². The van der Waals surface area contributed by atoms with Gasteiger partial charge >= 0.3 is 0 Å². The first-order valence-corrected chi connectivity index (χ1v) is 6.42. The van der Waals surface area contributed by atoms with Gasteiger partial charge in [0.2, 0.25) is 0 Å². The Morgan fingerprint density at radius 1 is 1.05 bits per heavy atom. The van der Waals surface area contributed by atoms with Crippen molar-refractivity contribution < 1.29 is 4.39 Å². The molecule has 100 valence electrons. The van der Waals surface area contributed by atoms with Gasteiger partial charge in [-0.25, -0.2) is 4.39 Å². The maximum atomic E-state index is 13.9. The number of hydrogen-bond acceptors (Lipinski definition) is 3. The third-order valence-corrected chi connectivity index (χ3v) is 3.31. The third kappa shape index (κ3) is 2.26. The van der Waals surface area contributed by atoms with Crippen LogP contribution in [0.5, 0.6) is 0 Å². The standard InChI is InChI=1S/C16H14FN3/c1-18-15(16-13(17)5-3-9-20-16)12-7-6-11-4-2-8-19-14(11)10-12/h2-10,15,18H,1H3. The van der Waals surface area contributed by atoms with Crippen LogP contribution in [0.2, 0.25) is 0 Å². The molecule has 3 rings (SSSR count). The van der Waals surface area contributed by atoms with E-state index < -0.39 is 0 Å². The summed E-state index contributed by atoms with van der Waals surface area (Å²) in [4.78, 5) is 8.48. The van der Waals surface area contributed by atoms with Crippen LogP contribution in [0.1, 0.15) is 17.3 Å². The molecule has 0 saturated heterocycles. The van der Waals surface area contributed by atoms with E-state index in [4.69, 9.17) is 0 Å². The van der Waals surface area contributed by atoms with Crippen LogP contribution in [-0.4, -0.2) is 17.0 Å². The summed E-state index contributed by atoms with van der Waals surface area (Å²) in [6, 6.07) is 12.5. The van der Waals surface area contributed by atoms with Gasteiger partial charge in [-0.2, -0.15) is 0 Å². The topological polar surface area (TPSA) is 37.8 Å². The summed E-state index contributed by atoms with van der Waals surface area (Å²) < 4.78 is 13.9. The summed E-state index contributed by atoms with van der Waals surface area (Å²) in [6.45, 7) is 0. The van der Waals surface area contributed by atoms with E-state index >= 15 is 0 Å². The second kappa shape index (κ2) is 5.35. The van der Waals surface area contributed by atoms with Gasteiger partial charge in [0.25, 0.3) is 0 Å². The molecule has 0 aliphatic carbocycles. The first-order chi connectivity index (χ1) is 9.79. The number of hydrogen-bond donors (Lipinski definition) is 1. The van der Waals surface area contributed by atoms with Crippen molar-refractivity contribution in [1.29, 1.82) is 0 Å². The highest BCUT2D eigenvalue weighted by atomic mass is 19.1. The monoisotopic (exact) mass is 267 g/mol. The van der Waals surface area contributed by atoms with Crippen molar-refractivity contribution in [3.8, 4) is 0 Å². The Balaban J connectivity index is 2.10. The molecular formula is C16H14FN3. The van der Waals surface area contributed by atoms with Gasteiger partial charge in [0.05, 0.1) is 17.3 Å². The summed E-state index contributed by atoms with van der Waals surface area (Å²) in [5, 5.41) is 4.17. The van der Waals surface area contributed by atoms with Crippen LogP contribution >= 0.6 is 0 Å². The summed E-state index contributed by atoms with van der Waals surface area (Å²) in [5.74, 6) is -0.312. The second-order valence-corrected chi connectivity index (χ2v) is 4.55. The molecule has 0 aliphatic heterocycles. The molecule has 20 heavy (non-hydrogen) atoms. The van der Waals surface area contributed by atoms with Crippen LogP contribution in [0.4, 0.5) is 4.39 Å². The van der Waals surface area contributed by atoms with Gasteiger partial charge in [-0.3, -0.25) is 9.97 Å². The minimum Gasteiger partial charge on any atom is -0.308 e. The maximum Gasteiger partial charge on any atom is 0.146 e. The molecule has 2 aromatic heterocycles. The first kappa shape index (κ1) is 12.7. The number of fused-ring (bicyclic) bond motifs is 1. The van der Waals surface area contributed by atoms with Gasteiger partial charge in [-0.05, 0) is 36.9 Å². The fraction of sp³-hybridized carbons (Fsp3) is 0.125. The zero-order chi connectivity index (χ0) is 13.9. The number of halogens is 1. The Bertz CT molecular complexity index is 742. The summed E-state index contributed by atoms with van der Waals surface area (Å²) in [5.41, 5.74) is 2.23. The zero-order valence-electron chi connectivity index (χ0n) is 11.0. The lowest BCUT2D eigenvalue weighted by Gasteiger charge is -2.17. The molecule has 0 radical (unpaired) electrons. The molecule has 0 spiro atoms. The summed E-state index contributed by atoms with van der Waals surface area (Å²) >= 11 is 0. The quantitative estimate of drug-likeness (QED) is 0.792. The van der Waals surface area contributed by atoms with E-state index in [-0.39, 0.29) is 11.9 Å². The smallest absolute Gasteiger partial charge is 0.146 e. The number of nitrogens with zero attached hydrogens (tertiary/aromatic N) is 2. The van der Waals surface area contributed by atoms with E-state index in [0.717, 1.165) is 16.5 Å². The molecule has 1 atom stereocenters. The fourth-order valence-corrected chi connectivity index (χ4v) is 2.33. The van der Waals surface area contributed by atoms with Crippen molar-refractivity contribution in [2.24, 2.45) is 0 Å². The van der Waals surface area contributed by atoms with Crippen LogP contribution < -0.4 is 5.32 Å². The predicted molar refractivity (Wildman–Crippen MR) is 76.8 cm³/mol. The number of aromatic nitrogens is 2. The van der Waals surface area contributed by atoms with E-state index in [9.17, 15) is 4.39 Å². The van der Waals surface area contributed by atoms with Gasteiger partial charge in [0.1, 0.15) is 5.82 Å². The average molecular weight is 267 g/mol. The molecule has 1 N–H and O–H groups in total. The number of nitrogens with one attached hydrogen (secondary N) is 1. The minimum absolute atomic E-state index is 0.289. The highest BCUT2D eigenvalue weighted by Crippen LogP contribution is 2.24. The van der Waals surface area contributed by atoms with Crippen LogP contribution in [-0.2, 0) is 0 Å². The largest absolute Gasteiger partial charge is 0.308 e. The molecule has 0 aliphatic rings. The maximum absolute atomic E-state index is 13.9. The van der Waals surface area contributed by atoms with E-state index in [2.05, 4.69) is 15.3 Å². The second-order valence-electron chi connectivity index (χ2n) is 4.55. The Hall–Kier alpha value is -2.33. The Morgan fingerprint density at radius 2 is 1.85 bits per heavy atom. The van der Waals surface area contributed by atoms with Gasteiger partial charge in [-0.15, -0.1) is 0 Å². The highest BCUT2D eigenvalue weighted by Gasteiger charge is 2.17. The molecule has 1 unspecified atom stereocenters. The summed E-state index contributed by atoms with van der Waals surface area (Å²) in [6.07, 6.45) is 3.35. The number of benzene rings is 1. The number of rotatable bonds is 3. The minimum atomic E-state index is -0.312. The van der Waals surface area contributed by atoms with E-state index in [1.807, 2.05) is 30.3 Å². The van der Waals surface area contributed by atoms with Crippen LogP contribution in [0.15, 0.2) is 54.9 Å². The predicted octanol–water partition coefficient (Wildman–Crippen LogP) is 3.08. The van der Waals surface area contributed by atoms with Crippen molar-refractivity contribution in [2.45, 2.75) is 6.04 Å². The molecule has 2 heterocycles. The fourth-order valence-electron chi connectivity index (χ4n) is 2.33. The van der Waals surface area contributed by atoms with Crippen molar-refractivity contribution in [2.75, 3.05) is 7.05 Å². The molecule has 0 amide bonds. The molecule has 3 aromatic rings.